The van der Waals surface area contributed by atoms with Gasteiger partial charge in [-0.3, -0.25) is 4.79 Å². The van der Waals surface area contributed by atoms with Gasteiger partial charge in [0.2, 0.25) is 5.91 Å². The molecule has 4 rings (SSSR count). The number of para-hydroxylation sites is 1. The lowest BCUT2D eigenvalue weighted by atomic mass is 9.78. The summed E-state index contributed by atoms with van der Waals surface area (Å²) in [4.78, 5) is 29.2. The number of esters is 1. The minimum absolute atomic E-state index is 0.104. The number of aromatic amines is 1. The lowest BCUT2D eigenvalue weighted by Crippen LogP contribution is -2.38. The van der Waals surface area contributed by atoms with Crippen molar-refractivity contribution in [3.63, 3.8) is 0 Å². The van der Waals surface area contributed by atoms with Crippen LogP contribution in [-0.2, 0) is 14.9 Å². The van der Waals surface area contributed by atoms with Gasteiger partial charge in [-0.25, -0.2) is 4.79 Å². The number of anilines is 1. The van der Waals surface area contributed by atoms with Crippen molar-refractivity contribution in [1.82, 2.24) is 4.98 Å². The Hall–Kier alpha value is -2.79. The highest BCUT2D eigenvalue weighted by Gasteiger charge is 2.43. The van der Waals surface area contributed by atoms with Gasteiger partial charge in [-0.15, -0.1) is 0 Å². The monoisotopic (exact) mass is 410 g/mol. The van der Waals surface area contributed by atoms with Crippen LogP contribution in [-0.4, -0.2) is 23.5 Å². The number of amides is 1. The van der Waals surface area contributed by atoms with Crippen LogP contribution in [0.2, 0.25) is 5.02 Å². The van der Waals surface area contributed by atoms with Gasteiger partial charge in [-0.05, 0) is 43.5 Å². The van der Waals surface area contributed by atoms with Crippen LogP contribution in [0, 0.1) is 0 Å². The summed E-state index contributed by atoms with van der Waals surface area (Å²) in [5.41, 5.74) is 1.84. The summed E-state index contributed by atoms with van der Waals surface area (Å²) in [6.45, 7) is 2.02. The minimum Gasteiger partial charge on any atom is -0.461 e. The molecule has 2 N–H and O–H groups in total. The quantitative estimate of drug-likeness (QED) is 0.549. The molecule has 29 heavy (non-hydrogen) atoms. The highest BCUT2D eigenvalue weighted by atomic mass is 35.5. The van der Waals surface area contributed by atoms with Crippen molar-refractivity contribution in [2.24, 2.45) is 0 Å². The molecule has 0 unspecified atom stereocenters. The summed E-state index contributed by atoms with van der Waals surface area (Å²) in [5.74, 6) is -0.585. The lowest BCUT2D eigenvalue weighted by molar-refractivity contribution is -0.121. The van der Waals surface area contributed by atoms with Gasteiger partial charge >= 0.3 is 5.97 Å². The van der Waals surface area contributed by atoms with Gasteiger partial charge < -0.3 is 15.0 Å². The molecule has 1 amide bonds. The number of aromatic nitrogens is 1. The van der Waals surface area contributed by atoms with Crippen LogP contribution in [0.1, 0.15) is 48.7 Å². The van der Waals surface area contributed by atoms with E-state index in [9.17, 15) is 9.59 Å². The molecule has 0 saturated heterocycles. The molecular formula is C23H23ClN2O3. The van der Waals surface area contributed by atoms with Crippen LogP contribution in [0.3, 0.4) is 0 Å². The first kappa shape index (κ1) is 19.5. The van der Waals surface area contributed by atoms with Gasteiger partial charge in [-0.1, -0.05) is 54.8 Å². The normalized spacial score (nSPS) is 15.4. The van der Waals surface area contributed by atoms with Gasteiger partial charge in [0.15, 0.2) is 0 Å². The van der Waals surface area contributed by atoms with Gasteiger partial charge in [0.1, 0.15) is 5.69 Å². The molecule has 1 aromatic heterocycles. The van der Waals surface area contributed by atoms with E-state index in [1.807, 2.05) is 48.5 Å². The summed E-state index contributed by atoms with van der Waals surface area (Å²) >= 11 is 6.05. The molecule has 0 radical (unpaired) electrons. The van der Waals surface area contributed by atoms with Crippen molar-refractivity contribution in [2.45, 2.75) is 38.0 Å². The fourth-order valence-corrected chi connectivity index (χ4v) is 4.38. The van der Waals surface area contributed by atoms with E-state index in [1.54, 1.807) is 6.92 Å². The molecule has 1 aliphatic rings. The molecule has 150 valence electrons. The zero-order valence-electron chi connectivity index (χ0n) is 16.3. The number of H-pyrrole nitrogens is 1. The number of rotatable bonds is 5. The Morgan fingerprint density at radius 2 is 1.79 bits per heavy atom. The molecule has 3 aromatic rings. The summed E-state index contributed by atoms with van der Waals surface area (Å²) in [6.07, 6.45) is 3.48. The first-order valence-electron chi connectivity index (χ1n) is 9.90. The number of ether oxygens (including phenoxy) is 1. The molecule has 1 aliphatic carbocycles. The van der Waals surface area contributed by atoms with Crippen molar-refractivity contribution in [2.75, 3.05) is 11.9 Å². The van der Waals surface area contributed by atoms with Crippen molar-refractivity contribution < 1.29 is 14.3 Å². The van der Waals surface area contributed by atoms with Crippen LogP contribution in [0.5, 0.6) is 0 Å². The van der Waals surface area contributed by atoms with Crippen LogP contribution >= 0.6 is 11.6 Å². The van der Waals surface area contributed by atoms with E-state index in [-0.39, 0.29) is 18.2 Å². The average Bonchev–Trinajstić information content (AvgIpc) is 3.35. The fourth-order valence-electron chi connectivity index (χ4n) is 4.26. The first-order valence-corrected chi connectivity index (χ1v) is 10.3. The zero-order chi connectivity index (χ0) is 20.4. The van der Waals surface area contributed by atoms with E-state index in [2.05, 4.69) is 10.3 Å². The van der Waals surface area contributed by atoms with E-state index >= 15 is 0 Å². The number of carbonyl (C=O) groups excluding carboxylic acids is 2. The van der Waals surface area contributed by atoms with Gasteiger partial charge in [0.25, 0.3) is 0 Å². The van der Waals surface area contributed by atoms with Gasteiger partial charge in [-0.2, -0.15) is 0 Å². The second-order valence-corrected chi connectivity index (χ2v) is 7.83. The molecule has 2 aromatic carbocycles. The molecule has 0 bridgehead atoms. The van der Waals surface area contributed by atoms with Gasteiger partial charge in [0, 0.05) is 15.9 Å². The molecular weight excluding hydrogens is 388 g/mol. The molecule has 1 saturated carbocycles. The van der Waals surface area contributed by atoms with Gasteiger partial charge in [0.05, 0.1) is 17.7 Å². The molecule has 6 heteroatoms. The SMILES string of the molecule is CCOC(=O)c1[nH]c2ccccc2c1NC(=O)C1(c2ccc(Cl)cc2)CCCC1. The van der Waals surface area contributed by atoms with Crippen LogP contribution < -0.4 is 5.32 Å². The Morgan fingerprint density at radius 1 is 1.10 bits per heavy atom. The summed E-state index contributed by atoms with van der Waals surface area (Å²) in [7, 11) is 0. The maximum Gasteiger partial charge on any atom is 0.356 e. The molecule has 5 nitrogen and oxygen atoms in total. The van der Waals surface area contributed by atoms with E-state index < -0.39 is 11.4 Å². The predicted octanol–water partition coefficient (Wildman–Crippen LogP) is 5.45. The van der Waals surface area contributed by atoms with Crippen molar-refractivity contribution in [3.8, 4) is 0 Å². The first-order chi connectivity index (χ1) is 14.0. The van der Waals surface area contributed by atoms with Crippen molar-refractivity contribution in [3.05, 3.63) is 64.8 Å². The van der Waals surface area contributed by atoms with E-state index in [0.717, 1.165) is 42.1 Å². The molecule has 0 aliphatic heterocycles. The summed E-state index contributed by atoms with van der Waals surface area (Å²) in [5, 5.41) is 4.49. The highest BCUT2D eigenvalue weighted by molar-refractivity contribution is 6.30. The number of benzene rings is 2. The zero-order valence-corrected chi connectivity index (χ0v) is 17.0. The van der Waals surface area contributed by atoms with Crippen molar-refractivity contribution in [1.29, 1.82) is 0 Å². The van der Waals surface area contributed by atoms with E-state index in [0.29, 0.717) is 10.7 Å². The topological polar surface area (TPSA) is 71.2 Å². The second kappa shape index (κ2) is 7.91. The highest BCUT2D eigenvalue weighted by Crippen LogP contribution is 2.43. The Kier molecular flexibility index (Phi) is 5.33. The molecule has 1 heterocycles. The number of fused-ring (bicyclic) bond motifs is 1. The van der Waals surface area contributed by atoms with E-state index in [4.69, 9.17) is 16.3 Å². The van der Waals surface area contributed by atoms with E-state index in [1.165, 1.54) is 0 Å². The molecule has 0 spiro atoms. The van der Waals surface area contributed by atoms with Crippen LogP contribution in [0.15, 0.2) is 48.5 Å². The van der Waals surface area contributed by atoms with Crippen LogP contribution in [0.25, 0.3) is 10.9 Å². The fraction of sp³-hybridized carbons (Fsp3) is 0.304. The maximum absolute atomic E-state index is 13.6. The third-order valence-electron chi connectivity index (χ3n) is 5.71. The Morgan fingerprint density at radius 3 is 2.48 bits per heavy atom. The van der Waals surface area contributed by atoms with Crippen molar-refractivity contribution >= 4 is 40.1 Å². The number of carbonyl (C=O) groups is 2. The Balaban J connectivity index is 1.75. The molecule has 0 atom stereocenters. The lowest BCUT2D eigenvalue weighted by Gasteiger charge is -2.28. The summed E-state index contributed by atoms with van der Waals surface area (Å²) < 4.78 is 5.19. The number of halogens is 1. The predicted molar refractivity (Wildman–Crippen MR) is 114 cm³/mol. The Bertz CT molecular complexity index is 1050. The third-order valence-corrected chi connectivity index (χ3v) is 5.96. The standard InChI is InChI=1S/C23H23ClN2O3/c1-2-29-21(27)20-19(17-7-3-4-8-18(17)25-20)26-22(28)23(13-5-6-14-23)15-9-11-16(24)12-10-15/h3-4,7-12,25H,2,5-6,13-14H2,1H3,(H,26,28). The second-order valence-electron chi connectivity index (χ2n) is 7.39. The number of nitrogens with one attached hydrogen (secondary N) is 2. The summed E-state index contributed by atoms with van der Waals surface area (Å²) in [6, 6.07) is 15.0. The number of hydrogen-bond donors (Lipinski definition) is 2. The van der Waals surface area contributed by atoms with Crippen LogP contribution in [0.4, 0.5) is 5.69 Å². The Labute approximate surface area is 174 Å². The smallest absolute Gasteiger partial charge is 0.356 e. The maximum atomic E-state index is 13.6. The largest absolute Gasteiger partial charge is 0.461 e. The molecule has 1 fully saturated rings. The third kappa shape index (κ3) is 3.51. The number of hydrogen-bond acceptors (Lipinski definition) is 3. The average molecular weight is 411 g/mol. The minimum atomic E-state index is -0.630.